The summed E-state index contributed by atoms with van der Waals surface area (Å²) in [6.07, 6.45) is 0.744. The molecule has 1 aliphatic rings. The summed E-state index contributed by atoms with van der Waals surface area (Å²) in [6.45, 7) is 7.55. The molecule has 1 fully saturated rings. The Morgan fingerprint density at radius 1 is 1.21 bits per heavy atom. The Hall–Kier alpha value is -1.64. The van der Waals surface area contributed by atoms with Crippen LogP contribution >= 0.6 is 0 Å². The number of β-lactam (4-membered cyclic amide) rings is 1. The van der Waals surface area contributed by atoms with Crippen molar-refractivity contribution in [2.75, 3.05) is 0 Å². The SMILES string of the molecule is CC(=O)[C@H]1C(=O)N(C(C)(C)C)[C@@H]1Cc1ccccc1. The summed E-state index contributed by atoms with van der Waals surface area (Å²) in [5, 5.41) is 0. The highest BCUT2D eigenvalue weighted by Gasteiger charge is 2.53. The lowest BCUT2D eigenvalue weighted by atomic mass is 9.77. The maximum atomic E-state index is 12.2. The Morgan fingerprint density at radius 3 is 2.26 bits per heavy atom. The molecule has 0 unspecified atom stereocenters. The highest BCUT2D eigenvalue weighted by atomic mass is 16.2. The van der Waals surface area contributed by atoms with E-state index in [1.54, 1.807) is 0 Å². The van der Waals surface area contributed by atoms with E-state index in [4.69, 9.17) is 0 Å². The van der Waals surface area contributed by atoms with Crippen LogP contribution in [0.4, 0.5) is 0 Å². The van der Waals surface area contributed by atoms with Gasteiger partial charge in [-0.2, -0.15) is 0 Å². The summed E-state index contributed by atoms with van der Waals surface area (Å²) in [6, 6.07) is 10.0. The van der Waals surface area contributed by atoms with Crippen molar-refractivity contribution in [3.05, 3.63) is 35.9 Å². The normalized spacial score (nSPS) is 23.2. The average Bonchev–Trinajstić information content (AvgIpc) is 2.26. The average molecular weight is 259 g/mol. The van der Waals surface area contributed by atoms with Crippen LogP contribution in [-0.2, 0) is 16.0 Å². The van der Waals surface area contributed by atoms with E-state index in [2.05, 4.69) is 0 Å². The minimum atomic E-state index is -0.459. The van der Waals surface area contributed by atoms with Crippen molar-refractivity contribution in [2.24, 2.45) is 5.92 Å². The smallest absolute Gasteiger partial charge is 0.235 e. The van der Waals surface area contributed by atoms with Gasteiger partial charge in [-0.25, -0.2) is 0 Å². The quantitative estimate of drug-likeness (QED) is 0.617. The lowest BCUT2D eigenvalue weighted by Gasteiger charge is -2.53. The number of likely N-dealkylation sites (tertiary alicyclic amines) is 1. The van der Waals surface area contributed by atoms with Gasteiger partial charge in [0.1, 0.15) is 11.7 Å². The van der Waals surface area contributed by atoms with Crippen LogP contribution in [0.1, 0.15) is 33.3 Å². The molecule has 0 N–H and O–H groups in total. The molecule has 2 rings (SSSR count). The summed E-state index contributed by atoms with van der Waals surface area (Å²) in [7, 11) is 0. The third-order valence-electron chi connectivity index (χ3n) is 3.67. The van der Waals surface area contributed by atoms with E-state index < -0.39 is 5.92 Å². The molecule has 2 atom stereocenters. The molecule has 102 valence electrons. The molecule has 1 aliphatic heterocycles. The van der Waals surface area contributed by atoms with Gasteiger partial charge in [0, 0.05) is 5.54 Å². The van der Waals surface area contributed by atoms with Gasteiger partial charge in [0.25, 0.3) is 0 Å². The van der Waals surface area contributed by atoms with Crippen LogP contribution in [0.25, 0.3) is 0 Å². The summed E-state index contributed by atoms with van der Waals surface area (Å²) in [5.74, 6) is -0.508. The molecule has 0 bridgehead atoms. The molecule has 1 heterocycles. The van der Waals surface area contributed by atoms with Crippen LogP contribution in [0, 0.1) is 5.92 Å². The van der Waals surface area contributed by atoms with Gasteiger partial charge in [-0.3, -0.25) is 9.59 Å². The van der Waals surface area contributed by atoms with Crippen molar-refractivity contribution in [1.29, 1.82) is 0 Å². The first kappa shape index (κ1) is 13.8. The Balaban J connectivity index is 2.23. The minimum absolute atomic E-state index is 0.00704. The zero-order valence-corrected chi connectivity index (χ0v) is 12.0. The van der Waals surface area contributed by atoms with Crippen LogP contribution in [-0.4, -0.2) is 28.2 Å². The molecule has 3 heteroatoms. The van der Waals surface area contributed by atoms with Crippen molar-refractivity contribution >= 4 is 11.7 Å². The van der Waals surface area contributed by atoms with Crippen molar-refractivity contribution in [3.63, 3.8) is 0 Å². The molecule has 0 aliphatic carbocycles. The molecule has 0 spiro atoms. The first-order chi connectivity index (χ1) is 8.82. The van der Waals surface area contributed by atoms with Crippen molar-refractivity contribution in [3.8, 4) is 0 Å². The van der Waals surface area contributed by atoms with Gasteiger partial charge < -0.3 is 4.90 Å². The zero-order valence-electron chi connectivity index (χ0n) is 12.0. The molecule has 3 nitrogen and oxygen atoms in total. The van der Waals surface area contributed by atoms with Crippen LogP contribution in [0.2, 0.25) is 0 Å². The number of amides is 1. The number of ketones is 1. The Morgan fingerprint density at radius 2 is 1.79 bits per heavy atom. The van der Waals surface area contributed by atoms with E-state index in [9.17, 15) is 9.59 Å². The number of rotatable bonds is 3. The van der Waals surface area contributed by atoms with Gasteiger partial charge in [-0.05, 0) is 39.7 Å². The van der Waals surface area contributed by atoms with Gasteiger partial charge in [0.2, 0.25) is 5.91 Å². The van der Waals surface area contributed by atoms with E-state index in [0.717, 1.165) is 6.42 Å². The van der Waals surface area contributed by atoms with E-state index in [1.165, 1.54) is 12.5 Å². The molecule has 1 amide bonds. The highest BCUT2D eigenvalue weighted by Crippen LogP contribution is 2.36. The molecule has 0 saturated carbocycles. The fourth-order valence-electron chi connectivity index (χ4n) is 2.88. The van der Waals surface area contributed by atoms with E-state index in [0.29, 0.717) is 0 Å². The third kappa shape index (κ3) is 2.55. The van der Waals surface area contributed by atoms with Crippen LogP contribution in [0.3, 0.4) is 0 Å². The predicted octanol–water partition coefficient (Wildman–Crippen LogP) is 2.44. The number of Topliss-reactive ketones (excluding diaryl/α,β-unsaturated/α-hetero) is 1. The van der Waals surface area contributed by atoms with E-state index >= 15 is 0 Å². The largest absolute Gasteiger partial charge is 0.333 e. The maximum Gasteiger partial charge on any atom is 0.235 e. The standard InChI is InChI=1S/C16H21NO2/c1-11(18)14-13(10-12-8-6-5-7-9-12)17(15(14)19)16(2,3)4/h5-9,13-14H,10H2,1-4H3/t13-,14-/m1/s1. The summed E-state index contributed by atoms with van der Waals surface area (Å²) in [5.41, 5.74) is 0.933. The van der Waals surface area contributed by atoms with Gasteiger partial charge >= 0.3 is 0 Å². The topological polar surface area (TPSA) is 37.4 Å². The van der Waals surface area contributed by atoms with E-state index in [1.807, 2.05) is 56.0 Å². The Labute approximate surface area is 114 Å². The van der Waals surface area contributed by atoms with Gasteiger partial charge in [0.05, 0.1) is 6.04 Å². The second kappa shape index (κ2) is 4.80. The number of carbonyl (C=O) groups is 2. The van der Waals surface area contributed by atoms with Gasteiger partial charge in [0.15, 0.2) is 0 Å². The first-order valence-electron chi connectivity index (χ1n) is 6.70. The fourth-order valence-corrected chi connectivity index (χ4v) is 2.88. The Bertz CT molecular complexity index is 487. The minimum Gasteiger partial charge on any atom is -0.333 e. The molecule has 1 saturated heterocycles. The predicted molar refractivity (Wildman–Crippen MR) is 74.7 cm³/mol. The molecule has 1 aromatic carbocycles. The fraction of sp³-hybridized carbons (Fsp3) is 0.500. The molecule has 0 radical (unpaired) electrons. The number of nitrogens with zero attached hydrogens (tertiary/aromatic N) is 1. The summed E-state index contributed by atoms with van der Waals surface area (Å²) in [4.78, 5) is 25.7. The van der Waals surface area contributed by atoms with Crippen molar-refractivity contribution in [1.82, 2.24) is 4.90 Å². The number of benzene rings is 1. The number of carbonyl (C=O) groups excluding carboxylic acids is 2. The number of hydrogen-bond donors (Lipinski definition) is 0. The molecule has 0 aromatic heterocycles. The monoisotopic (exact) mass is 259 g/mol. The van der Waals surface area contributed by atoms with Crippen LogP contribution in [0.5, 0.6) is 0 Å². The zero-order chi connectivity index (χ0) is 14.2. The van der Waals surface area contributed by atoms with Crippen molar-refractivity contribution in [2.45, 2.75) is 45.7 Å². The highest BCUT2D eigenvalue weighted by molar-refractivity contribution is 6.06. The van der Waals surface area contributed by atoms with Crippen LogP contribution in [0.15, 0.2) is 30.3 Å². The summed E-state index contributed by atoms with van der Waals surface area (Å²) < 4.78 is 0. The van der Waals surface area contributed by atoms with Crippen LogP contribution < -0.4 is 0 Å². The van der Waals surface area contributed by atoms with Crippen molar-refractivity contribution < 1.29 is 9.59 Å². The molecule has 19 heavy (non-hydrogen) atoms. The lowest BCUT2D eigenvalue weighted by Crippen LogP contribution is -2.69. The third-order valence-corrected chi connectivity index (χ3v) is 3.67. The number of hydrogen-bond acceptors (Lipinski definition) is 2. The molecular weight excluding hydrogens is 238 g/mol. The maximum absolute atomic E-state index is 12.2. The van der Waals surface area contributed by atoms with Gasteiger partial charge in [-0.15, -0.1) is 0 Å². The second-order valence-corrected chi connectivity index (χ2v) is 6.22. The second-order valence-electron chi connectivity index (χ2n) is 6.22. The lowest BCUT2D eigenvalue weighted by molar-refractivity contribution is -0.169. The summed E-state index contributed by atoms with van der Waals surface area (Å²) >= 11 is 0. The Kier molecular flexibility index (Phi) is 3.48. The molecular formula is C16H21NO2. The van der Waals surface area contributed by atoms with E-state index in [-0.39, 0.29) is 23.3 Å². The molecule has 1 aromatic rings. The first-order valence-corrected chi connectivity index (χ1v) is 6.70. The van der Waals surface area contributed by atoms with Gasteiger partial charge in [-0.1, -0.05) is 30.3 Å².